The molecule has 0 radical (unpaired) electrons. The van der Waals surface area contributed by atoms with Crippen LogP contribution in [0.5, 0.6) is 0 Å². The van der Waals surface area contributed by atoms with Gasteiger partial charge in [0.15, 0.2) is 0 Å². The van der Waals surface area contributed by atoms with E-state index in [2.05, 4.69) is 0 Å². The zero-order valence-electron chi connectivity index (χ0n) is 11.1. The number of hydrogen-bond acceptors (Lipinski definition) is 2. The third-order valence-corrected chi connectivity index (χ3v) is 2.95. The van der Waals surface area contributed by atoms with Crippen LogP contribution in [0.3, 0.4) is 0 Å². The maximum atomic E-state index is 12.6. The first-order valence-corrected chi connectivity index (χ1v) is 6.30. The van der Waals surface area contributed by atoms with Gasteiger partial charge in [0.05, 0.1) is 16.8 Å². The van der Waals surface area contributed by atoms with Crippen LogP contribution in [0.4, 0.5) is 18.9 Å². The van der Waals surface area contributed by atoms with Crippen molar-refractivity contribution >= 4 is 5.69 Å². The van der Waals surface area contributed by atoms with Crippen molar-refractivity contribution in [3.05, 3.63) is 29.3 Å². The van der Waals surface area contributed by atoms with Gasteiger partial charge in [0.1, 0.15) is 6.07 Å². The van der Waals surface area contributed by atoms with Crippen molar-refractivity contribution in [1.29, 1.82) is 5.26 Å². The maximum absolute atomic E-state index is 12.6. The molecule has 0 unspecified atom stereocenters. The predicted molar refractivity (Wildman–Crippen MR) is 69.0 cm³/mol. The van der Waals surface area contributed by atoms with Gasteiger partial charge in [-0.05, 0) is 31.5 Å². The normalized spacial score (nSPS) is 11.2. The number of nitriles is 1. The largest absolute Gasteiger partial charge is 0.416 e. The van der Waals surface area contributed by atoms with Crippen molar-refractivity contribution in [3.63, 3.8) is 0 Å². The van der Waals surface area contributed by atoms with Crippen LogP contribution in [0.15, 0.2) is 18.2 Å². The Kier molecular flexibility index (Phi) is 5.22. The predicted octanol–water partition coefficient (Wildman–Crippen LogP) is 4.20. The molecule has 0 atom stereocenters. The third-order valence-electron chi connectivity index (χ3n) is 2.95. The van der Waals surface area contributed by atoms with Crippen LogP contribution < -0.4 is 4.90 Å². The molecule has 5 heteroatoms. The van der Waals surface area contributed by atoms with Crippen LogP contribution >= 0.6 is 0 Å². The summed E-state index contributed by atoms with van der Waals surface area (Å²) < 4.78 is 37.8. The van der Waals surface area contributed by atoms with Gasteiger partial charge in [0.2, 0.25) is 0 Å². The molecule has 104 valence electrons. The molecule has 2 nitrogen and oxygen atoms in total. The number of hydrogen-bond donors (Lipinski definition) is 0. The van der Waals surface area contributed by atoms with Crippen molar-refractivity contribution in [1.82, 2.24) is 0 Å². The van der Waals surface area contributed by atoms with Crippen LogP contribution in [-0.4, -0.2) is 13.1 Å². The van der Waals surface area contributed by atoms with Gasteiger partial charge in [0, 0.05) is 13.1 Å². The van der Waals surface area contributed by atoms with Crippen LogP contribution in [0.1, 0.15) is 37.8 Å². The van der Waals surface area contributed by atoms with Gasteiger partial charge in [-0.2, -0.15) is 18.4 Å². The summed E-state index contributed by atoms with van der Waals surface area (Å²) in [4.78, 5) is 1.93. The molecule has 0 aliphatic heterocycles. The molecule has 0 amide bonds. The first kappa shape index (κ1) is 15.4. The Hall–Kier alpha value is -1.70. The minimum absolute atomic E-state index is 0.0766. The standard InChI is InChI=1S/C14H17F3N2/c1-3-5-8-19(4-2)13-7-6-12(14(15,16)17)9-11(13)10-18/h6-7,9H,3-5,8H2,1-2H3. The molecule has 0 saturated heterocycles. The highest BCUT2D eigenvalue weighted by Gasteiger charge is 2.31. The second-order valence-corrected chi connectivity index (χ2v) is 4.27. The van der Waals surface area contributed by atoms with Gasteiger partial charge in [-0.25, -0.2) is 0 Å². The van der Waals surface area contributed by atoms with E-state index in [0.29, 0.717) is 12.2 Å². The minimum Gasteiger partial charge on any atom is -0.371 e. The summed E-state index contributed by atoms with van der Waals surface area (Å²) in [6, 6.07) is 5.20. The Morgan fingerprint density at radius 3 is 2.42 bits per heavy atom. The summed E-state index contributed by atoms with van der Waals surface area (Å²) in [5, 5.41) is 9.03. The van der Waals surface area contributed by atoms with E-state index in [0.717, 1.165) is 31.5 Å². The number of nitrogens with zero attached hydrogens (tertiary/aromatic N) is 2. The fraction of sp³-hybridized carbons (Fsp3) is 0.500. The lowest BCUT2D eigenvalue weighted by molar-refractivity contribution is -0.137. The number of alkyl halides is 3. The van der Waals surface area contributed by atoms with Crippen molar-refractivity contribution in [2.75, 3.05) is 18.0 Å². The Morgan fingerprint density at radius 2 is 1.95 bits per heavy atom. The number of halogens is 3. The minimum atomic E-state index is -4.41. The second-order valence-electron chi connectivity index (χ2n) is 4.27. The Balaban J connectivity index is 3.11. The number of anilines is 1. The summed E-state index contributed by atoms with van der Waals surface area (Å²) in [7, 11) is 0. The summed E-state index contributed by atoms with van der Waals surface area (Å²) >= 11 is 0. The number of rotatable bonds is 5. The van der Waals surface area contributed by atoms with Gasteiger partial charge in [-0.15, -0.1) is 0 Å². The average molecular weight is 270 g/mol. The van der Waals surface area contributed by atoms with Crippen LogP contribution in [-0.2, 0) is 6.18 Å². The monoisotopic (exact) mass is 270 g/mol. The number of benzene rings is 1. The molecule has 0 spiro atoms. The van der Waals surface area contributed by atoms with Crippen LogP contribution in [0.25, 0.3) is 0 Å². The molecule has 1 rings (SSSR count). The molecule has 0 saturated carbocycles. The quantitative estimate of drug-likeness (QED) is 0.801. The first-order valence-electron chi connectivity index (χ1n) is 6.30. The van der Waals surface area contributed by atoms with E-state index in [1.807, 2.05) is 24.8 Å². The topological polar surface area (TPSA) is 27.0 Å². The van der Waals surface area contributed by atoms with E-state index in [1.165, 1.54) is 6.07 Å². The smallest absolute Gasteiger partial charge is 0.371 e. The maximum Gasteiger partial charge on any atom is 0.416 e. The molecule has 1 aromatic rings. The van der Waals surface area contributed by atoms with E-state index < -0.39 is 11.7 Å². The highest BCUT2D eigenvalue weighted by molar-refractivity contribution is 5.60. The third kappa shape index (κ3) is 3.88. The lowest BCUT2D eigenvalue weighted by atomic mass is 10.1. The van der Waals surface area contributed by atoms with Gasteiger partial charge in [-0.3, -0.25) is 0 Å². The molecule has 19 heavy (non-hydrogen) atoms. The molecule has 0 aliphatic rings. The van der Waals surface area contributed by atoms with Crippen molar-refractivity contribution < 1.29 is 13.2 Å². The molecular formula is C14H17F3N2. The average Bonchev–Trinajstić information content (AvgIpc) is 2.38. The van der Waals surface area contributed by atoms with Crippen LogP contribution in [0.2, 0.25) is 0 Å². The van der Waals surface area contributed by atoms with Crippen LogP contribution in [0, 0.1) is 11.3 Å². The summed E-state index contributed by atoms with van der Waals surface area (Å²) in [6.45, 7) is 5.38. The lowest BCUT2D eigenvalue weighted by Crippen LogP contribution is -2.25. The van der Waals surface area contributed by atoms with Crippen molar-refractivity contribution in [2.24, 2.45) is 0 Å². The van der Waals surface area contributed by atoms with Gasteiger partial charge in [-0.1, -0.05) is 13.3 Å². The van der Waals surface area contributed by atoms with E-state index >= 15 is 0 Å². The molecule has 0 heterocycles. The molecular weight excluding hydrogens is 253 g/mol. The SMILES string of the molecule is CCCCN(CC)c1ccc(C(F)(F)F)cc1C#N. The first-order chi connectivity index (χ1) is 8.93. The van der Waals surface area contributed by atoms with E-state index in [9.17, 15) is 13.2 Å². The Bertz CT molecular complexity index is 461. The van der Waals surface area contributed by atoms with Crippen molar-refractivity contribution in [2.45, 2.75) is 32.9 Å². The van der Waals surface area contributed by atoms with Gasteiger partial charge < -0.3 is 4.90 Å². The van der Waals surface area contributed by atoms with E-state index in [-0.39, 0.29) is 5.56 Å². The Morgan fingerprint density at radius 1 is 1.26 bits per heavy atom. The zero-order valence-corrected chi connectivity index (χ0v) is 11.1. The lowest BCUT2D eigenvalue weighted by Gasteiger charge is -2.24. The van der Waals surface area contributed by atoms with Gasteiger partial charge in [0.25, 0.3) is 0 Å². The Labute approximate surface area is 111 Å². The molecule has 0 aromatic heterocycles. The molecule has 1 aromatic carbocycles. The highest BCUT2D eigenvalue weighted by atomic mass is 19.4. The van der Waals surface area contributed by atoms with E-state index in [4.69, 9.17) is 5.26 Å². The molecule has 0 bridgehead atoms. The summed E-state index contributed by atoms with van der Waals surface area (Å²) in [5.74, 6) is 0. The van der Waals surface area contributed by atoms with E-state index in [1.54, 1.807) is 0 Å². The fourth-order valence-electron chi connectivity index (χ4n) is 1.88. The fourth-order valence-corrected chi connectivity index (χ4v) is 1.88. The number of unbranched alkanes of at least 4 members (excludes halogenated alkanes) is 1. The molecule has 0 aliphatic carbocycles. The highest BCUT2D eigenvalue weighted by Crippen LogP contribution is 2.32. The van der Waals surface area contributed by atoms with Gasteiger partial charge >= 0.3 is 6.18 Å². The molecule has 0 fully saturated rings. The second kappa shape index (κ2) is 6.46. The molecule has 0 N–H and O–H groups in total. The van der Waals surface area contributed by atoms with Crippen molar-refractivity contribution in [3.8, 4) is 6.07 Å². The summed E-state index contributed by atoms with van der Waals surface area (Å²) in [5.41, 5.74) is -0.126. The summed E-state index contributed by atoms with van der Waals surface area (Å²) in [6.07, 6.45) is -2.47. The zero-order chi connectivity index (χ0) is 14.5.